The molecular weight excluding hydrogens is 256 g/mol. The van der Waals surface area contributed by atoms with Gasteiger partial charge in [0, 0.05) is 24.2 Å². The standard InChI is InChI=1S/C14H18N4O2/c1-9-13(10(2)20-18-9)8-16-7-11-3-5-12(6-4-11)14(15)17-19/h3-6,16,19H,7-8H2,1-2H3,(H2,15,17). The first-order valence-electron chi connectivity index (χ1n) is 6.31. The van der Waals surface area contributed by atoms with Crippen LogP contribution in [0.3, 0.4) is 0 Å². The average molecular weight is 274 g/mol. The molecule has 20 heavy (non-hydrogen) atoms. The highest BCUT2D eigenvalue weighted by Gasteiger charge is 2.07. The molecule has 0 fully saturated rings. The summed E-state index contributed by atoms with van der Waals surface area (Å²) in [5, 5.41) is 18.8. The van der Waals surface area contributed by atoms with Gasteiger partial charge in [0.25, 0.3) is 0 Å². The van der Waals surface area contributed by atoms with Gasteiger partial charge in [-0.15, -0.1) is 0 Å². The van der Waals surface area contributed by atoms with Crippen molar-refractivity contribution in [3.8, 4) is 0 Å². The molecule has 6 heteroatoms. The van der Waals surface area contributed by atoms with Gasteiger partial charge in [-0.25, -0.2) is 0 Å². The van der Waals surface area contributed by atoms with Crippen molar-refractivity contribution < 1.29 is 9.73 Å². The Morgan fingerprint density at radius 3 is 2.55 bits per heavy atom. The molecule has 0 amide bonds. The number of benzene rings is 1. The van der Waals surface area contributed by atoms with Gasteiger partial charge in [0.1, 0.15) is 5.76 Å². The minimum atomic E-state index is 0.111. The van der Waals surface area contributed by atoms with Gasteiger partial charge in [0.2, 0.25) is 0 Å². The zero-order valence-electron chi connectivity index (χ0n) is 11.6. The maximum atomic E-state index is 8.59. The first kappa shape index (κ1) is 14.1. The number of nitrogens with two attached hydrogens (primary N) is 1. The van der Waals surface area contributed by atoms with Gasteiger partial charge in [-0.05, 0) is 19.4 Å². The van der Waals surface area contributed by atoms with Gasteiger partial charge in [-0.2, -0.15) is 0 Å². The van der Waals surface area contributed by atoms with Gasteiger partial charge in [-0.3, -0.25) is 0 Å². The molecule has 6 nitrogen and oxygen atoms in total. The Bertz CT molecular complexity index is 583. The summed E-state index contributed by atoms with van der Waals surface area (Å²) in [6.45, 7) is 5.27. The lowest BCUT2D eigenvalue weighted by Crippen LogP contribution is -2.15. The Morgan fingerprint density at radius 1 is 1.30 bits per heavy atom. The molecule has 106 valence electrons. The number of nitrogens with one attached hydrogen (secondary N) is 1. The topological polar surface area (TPSA) is 96.7 Å². The van der Waals surface area contributed by atoms with Crippen LogP contribution >= 0.6 is 0 Å². The second-order valence-corrected chi connectivity index (χ2v) is 4.59. The monoisotopic (exact) mass is 274 g/mol. The summed E-state index contributed by atoms with van der Waals surface area (Å²) >= 11 is 0. The smallest absolute Gasteiger partial charge is 0.170 e. The fraction of sp³-hybridized carbons (Fsp3) is 0.286. The third kappa shape index (κ3) is 3.16. The van der Waals surface area contributed by atoms with Gasteiger partial charge >= 0.3 is 0 Å². The van der Waals surface area contributed by atoms with Crippen LogP contribution in [-0.2, 0) is 13.1 Å². The summed E-state index contributed by atoms with van der Waals surface area (Å²) in [6.07, 6.45) is 0. The lowest BCUT2D eigenvalue weighted by atomic mass is 10.1. The van der Waals surface area contributed by atoms with Gasteiger partial charge in [0.15, 0.2) is 5.84 Å². The van der Waals surface area contributed by atoms with E-state index in [1.807, 2.05) is 38.1 Å². The lowest BCUT2D eigenvalue weighted by molar-refractivity contribution is 0.318. The van der Waals surface area contributed by atoms with E-state index in [0.29, 0.717) is 12.1 Å². The van der Waals surface area contributed by atoms with Crippen LogP contribution in [-0.4, -0.2) is 16.2 Å². The lowest BCUT2D eigenvalue weighted by Gasteiger charge is -2.05. The van der Waals surface area contributed by atoms with Crippen LogP contribution in [0.15, 0.2) is 33.9 Å². The normalized spacial score (nSPS) is 11.8. The second kappa shape index (κ2) is 6.21. The van der Waals surface area contributed by atoms with Crippen LogP contribution in [0, 0.1) is 13.8 Å². The molecule has 0 spiro atoms. The van der Waals surface area contributed by atoms with Crippen molar-refractivity contribution >= 4 is 5.84 Å². The maximum Gasteiger partial charge on any atom is 0.170 e. The van der Waals surface area contributed by atoms with Crippen molar-refractivity contribution in [1.82, 2.24) is 10.5 Å². The molecule has 1 heterocycles. The summed E-state index contributed by atoms with van der Waals surface area (Å²) in [5.74, 6) is 0.956. The molecule has 0 bridgehead atoms. The third-order valence-electron chi connectivity index (χ3n) is 3.17. The van der Waals surface area contributed by atoms with E-state index < -0.39 is 0 Å². The van der Waals surface area contributed by atoms with Crippen LogP contribution in [0.5, 0.6) is 0 Å². The van der Waals surface area contributed by atoms with Crippen LogP contribution < -0.4 is 11.1 Å². The number of nitrogens with zero attached hydrogens (tertiary/aromatic N) is 2. The summed E-state index contributed by atoms with van der Waals surface area (Å²) in [5.41, 5.74) is 9.33. The number of hydrogen-bond donors (Lipinski definition) is 3. The zero-order valence-corrected chi connectivity index (χ0v) is 11.6. The van der Waals surface area contributed by atoms with Crippen LogP contribution in [0.1, 0.15) is 28.1 Å². The molecule has 4 N–H and O–H groups in total. The molecule has 0 saturated heterocycles. The molecule has 0 saturated carbocycles. The predicted molar refractivity (Wildman–Crippen MR) is 75.5 cm³/mol. The largest absolute Gasteiger partial charge is 0.409 e. The number of amidine groups is 1. The Morgan fingerprint density at radius 2 is 2.00 bits per heavy atom. The Hall–Kier alpha value is -2.34. The minimum Gasteiger partial charge on any atom is -0.409 e. The fourth-order valence-electron chi connectivity index (χ4n) is 1.94. The van der Waals surface area contributed by atoms with Crippen molar-refractivity contribution in [2.45, 2.75) is 26.9 Å². The van der Waals surface area contributed by atoms with E-state index in [1.165, 1.54) is 0 Å². The van der Waals surface area contributed by atoms with E-state index in [1.54, 1.807) is 0 Å². The van der Waals surface area contributed by atoms with Crippen molar-refractivity contribution in [2.75, 3.05) is 0 Å². The van der Waals surface area contributed by atoms with E-state index in [4.69, 9.17) is 15.5 Å². The number of aromatic nitrogens is 1. The molecule has 0 unspecified atom stereocenters. The fourth-order valence-corrected chi connectivity index (χ4v) is 1.94. The SMILES string of the molecule is Cc1noc(C)c1CNCc1ccc(C(N)=NO)cc1. The average Bonchev–Trinajstić information content (AvgIpc) is 2.79. The van der Waals surface area contributed by atoms with Crippen molar-refractivity contribution in [3.63, 3.8) is 0 Å². The molecule has 2 rings (SSSR count). The number of aryl methyl sites for hydroxylation is 2. The zero-order chi connectivity index (χ0) is 14.5. The highest BCUT2D eigenvalue weighted by Crippen LogP contribution is 2.12. The Balaban J connectivity index is 1.92. The van der Waals surface area contributed by atoms with Gasteiger partial charge in [-0.1, -0.05) is 34.6 Å². The highest BCUT2D eigenvalue weighted by molar-refractivity contribution is 5.96. The Kier molecular flexibility index (Phi) is 4.37. The van der Waals surface area contributed by atoms with Gasteiger partial charge in [0.05, 0.1) is 5.69 Å². The van der Waals surface area contributed by atoms with E-state index in [2.05, 4.69) is 15.6 Å². The number of oxime groups is 1. The van der Waals surface area contributed by atoms with E-state index >= 15 is 0 Å². The van der Waals surface area contributed by atoms with E-state index in [-0.39, 0.29) is 5.84 Å². The van der Waals surface area contributed by atoms with Gasteiger partial charge < -0.3 is 20.8 Å². The summed E-state index contributed by atoms with van der Waals surface area (Å²) < 4.78 is 5.11. The molecule has 0 aliphatic carbocycles. The molecule has 1 aromatic carbocycles. The molecule has 1 aromatic heterocycles. The van der Waals surface area contributed by atoms with E-state index in [9.17, 15) is 0 Å². The van der Waals surface area contributed by atoms with Crippen molar-refractivity contribution in [3.05, 3.63) is 52.4 Å². The highest BCUT2D eigenvalue weighted by atomic mass is 16.5. The second-order valence-electron chi connectivity index (χ2n) is 4.59. The molecule has 0 aliphatic heterocycles. The van der Waals surface area contributed by atoms with Crippen molar-refractivity contribution in [1.29, 1.82) is 0 Å². The quantitative estimate of drug-likeness (QED) is 0.333. The summed E-state index contributed by atoms with van der Waals surface area (Å²) in [4.78, 5) is 0. The van der Waals surface area contributed by atoms with Crippen LogP contribution in [0.25, 0.3) is 0 Å². The predicted octanol–water partition coefficient (Wildman–Crippen LogP) is 1.68. The van der Waals surface area contributed by atoms with Crippen molar-refractivity contribution in [2.24, 2.45) is 10.9 Å². The molecular formula is C14H18N4O2. The maximum absolute atomic E-state index is 8.59. The van der Waals surface area contributed by atoms with E-state index in [0.717, 1.165) is 29.1 Å². The first-order valence-corrected chi connectivity index (χ1v) is 6.31. The number of rotatable bonds is 5. The molecule has 2 aromatic rings. The first-order chi connectivity index (χ1) is 9.61. The molecule has 0 radical (unpaired) electrons. The van der Waals surface area contributed by atoms with Crippen LogP contribution in [0.4, 0.5) is 0 Å². The summed E-state index contributed by atoms with van der Waals surface area (Å²) in [6, 6.07) is 7.52. The minimum absolute atomic E-state index is 0.111. The van der Waals surface area contributed by atoms with Crippen LogP contribution in [0.2, 0.25) is 0 Å². The third-order valence-corrected chi connectivity index (χ3v) is 3.17. The molecule has 0 atom stereocenters. The summed E-state index contributed by atoms with van der Waals surface area (Å²) in [7, 11) is 0. The Labute approximate surface area is 117 Å². The molecule has 0 aliphatic rings. The number of hydrogen-bond acceptors (Lipinski definition) is 5.